The van der Waals surface area contributed by atoms with E-state index in [4.69, 9.17) is 10.8 Å². The number of carboxylic acid groups (broad SMARTS) is 1. The third-order valence-electron chi connectivity index (χ3n) is 5.75. The van der Waals surface area contributed by atoms with E-state index in [9.17, 15) is 14.4 Å². The van der Waals surface area contributed by atoms with Crippen molar-refractivity contribution in [3.8, 4) is 0 Å². The normalized spacial score (nSPS) is 17.4. The number of nitrogen functional groups attached to an aromatic ring is 1. The van der Waals surface area contributed by atoms with Gasteiger partial charge in [0.05, 0.1) is 12.6 Å². The average molecular weight is 434 g/mol. The highest BCUT2D eigenvalue weighted by Gasteiger charge is 2.29. The van der Waals surface area contributed by atoms with Crippen LogP contribution in [0.3, 0.4) is 0 Å². The number of likely N-dealkylation sites (tertiary alicyclic amines) is 1. The fraction of sp³-hybridized carbons (Fsp3) is 0.636. The first-order valence-corrected chi connectivity index (χ1v) is 11.1. The summed E-state index contributed by atoms with van der Waals surface area (Å²) >= 11 is 0. The Balaban J connectivity index is 0.000000262. The Morgan fingerprint density at radius 1 is 1.19 bits per heavy atom. The highest BCUT2D eigenvalue weighted by atomic mass is 16.4. The fourth-order valence-electron chi connectivity index (χ4n) is 4.10. The van der Waals surface area contributed by atoms with Gasteiger partial charge in [0.25, 0.3) is 0 Å². The summed E-state index contributed by atoms with van der Waals surface area (Å²) in [4.78, 5) is 38.9. The number of pyridine rings is 1. The quantitative estimate of drug-likeness (QED) is 0.433. The summed E-state index contributed by atoms with van der Waals surface area (Å²) in [5.41, 5.74) is 6.29. The van der Waals surface area contributed by atoms with Crippen molar-refractivity contribution >= 4 is 24.1 Å². The first kappa shape index (κ1) is 24.6. The lowest BCUT2D eigenvalue weighted by atomic mass is 9.84. The monoisotopic (exact) mass is 433 g/mol. The van der Waals surface area contributed by atoms with Crippen LogP contribution in [0.5, 0.6) is 0 Å². The molecule has 1 saturated carbocycles. The second-order valence-electron chi connectivity index (χ2n) is 8.19. The standard InChI is InChI=1S/C15H26N2O3.C7H9N3O/c18-14(19)11-16-13(10-12-6-2-1-3-7-12)15(20)17-8-4-5-9-17;8-7-2-1-6(4-10-7)3-9-5-11/h12-13,16H,1-11H2,(H,18,19);1-2,4-5H,3H2,(H2,8,10)(H,9,11). The van der Waals surface area contributed by atoms with Gasteiger partial charge in [-0.2, -0.15) is 0 Å². The Hall–Kier alpha value is -2.68. The minimum atomic E-state index is -0.895. The number of aliphatic carboxylic acids is 1. The third-order valence-corrected chi connectivity index (χ3v) is 5.75. The molecule has 1 aromatic heterocycles. The van der Waals surface area contributed by atoms with Gasteiger partial charge in [0, 0.05) is 25.8 Å². The number of nitrogens with zero attached hydrogens (tertiary/aromatic N) is 2. The maximum atomic E-state index is 12.5. The Bertz CT molecular complexity index is 686. The highest BCUT2D eigenvalue weighted by molar-refractivity contribution is 5.82. The molecule has 0 bridgehead atoms. The first-order valence-electron chi connectivity index (χ1n) is 11.1. The van der Waals surface area contributed by atoms with Gasteiger partial charge in [0.15, 0.2) is 0 Å². The van der Waals surface area contributed by atoms with Crippen molar-refractivity contribution in [2.45, 2.75) is 64.0 Å². The van der Waals surface area contributed by atoms with Gasteiger partial charge in [-0.05, 0) is 36.8 Å². The topological polar surface area (TPSA) is 138 Å². The van der Waals surface area contributed by atoms with E-state index in [0.29, 0.717) is 24.7 Å². The maximum Gasteiger partial charge on any atom is 0.317 e. The van der Waals surface area contributed by atoms with Crippen LogP contribution in [0.1, 0.15) is 56.9 Å². The van der Waals surface area contributed by atoms with E-state index in [2.05, 4.69) is 15.6 Å². The molecule has 2 aliphatic rings. The first-order chi connectivity index (χ1) is 15.0. The lowest BCUT2D eigenvalue weighted by Gasteiger charge is -2.29. The van der Waals surface area contributed by atoms with E-state index < -0.39 is 5.97 Å². The van der Waals surface area contributed by atoms with Gasteiger partial charge >= 0.3 is 5.97 Å². The van der Waals surface area contributed by atoms with Gasteiger partial charge in [-0.1, -0.05) is 38.2 Å². The molecule has 172 valence electrons. The molecular formula is C22H35N5O4. The summed E-state index contributed by atoms with van der Waals surface area (Å²) in [6.45, 7) is 2.03. The second-order valence-corrected chi connectivity index (χ2v) is 8.19. The molecular weight excluding hydrogens is 398 g/mol. The molecule has 1 unspecified atom stereocenters. The van der Waals surface area contributed by atoms with Gasteiger partial charge in [-0.25, -0.2) is 4.98 Å². The lowest BCUT2D eigenvalue weighted by molar-refractivity contribution is -0.137. The smallest absolute Gasteiger partial charge is 0.317 e. The molecule has 0 radical (unpaired) electrons. The van der Waals surface area contributed by atoms with E-state index in [1.54, 1.807) is 12.3 Å². The van der Waals surface area contributed by atoms with Gasteiger partial charge < -0.3 is 21.1 Å². The molecule has 0 spiro atoms. The number of nitrogens with two attached hydrogens (primary N) is 1. The summed E-state index contributed by atoms with van der Waals surface area (Å²) in [7, 11) is 0. The molecule has 0 aromatic carbocycles. The number of hydrogen-bond acceptors (Lipinski definition) is 6. The van der Waals surface area contributed by atoms with Crippen LogP contribution >= 0.6 is 0 Å². The summed E-state index contributed by atoms with van der Waals surface area (Å²) in [5.74, 6) is 0.267. The van der Waals surface area contributed by atoms with E-state index in [0.717, 1.165) is 37.9 Å². The minimum absolute atomic E-state index is 0.106. The Morgan fingerprint density at radius 3 is 2.48 bits per heavy atom. The number of aromatic nitrogens is 1. The molecule has 1 aromatic rings. The predicted octanol–water partition coefficient (Wildman–Crippen LogP) is 1.53. The van der Waals surface area contributed by atoms with Crippen LogP contribution in [0.4, 0.5) is 5.82 Å². The van der Waals surface area contributed by atoms with Crippen LogP contribution in [0, 0.1) is 5.92 Å². The molecule has 2 amide bonds. The molecule has 1 aliphatic heterocycles. The zero-order valence-corrected chi connectivity index (χ0v) is 18.1. The van der Waals surface area contributed by atoms with Crippen molar-refractivity contribution in [2.75, 3.05) is 25.4 Å². The summed E-state index contributed by atoms with van der Waals surface area (Å²) < 4.78 is 0. The number of carbonyl (C=O) groups is 3. The van der Waals surface area contributed by atoms with E-state index in [1.165, 1.54) is 32.1 Å². The van der Waals surface area contributed by atoms with Crippen molar-refractivity contribution in [2.24, 2.45) is 5.92 Å². The number of anilines is 1. The fourth-order valence-corrected chi connectivity index (χ4v) is 4.10. The molecule has 3 rings (SSSR count). The Labute approximate surface area is 183 Å². The van der Waals surface area contributed by atoms with Crippen LogP contribution in [-0.2, 0) is 20.9 Å². The summed E-state index contributed by atoms with van der Waals surface area (Å²) in [6, 6.07) is 3.20. The van der Waals surface area contributed by atoms with Crippen LogP contribution in [0.2, 0.25) is 0 Å². The van der Waals surface area contributed by atoms with Crippen molar-refractivity contribution in [1.82, 2.24) is 20.5 Å². The van der Waals surface area contributed by atoms with E-state index in [-0.39, 0.29) is 18.5 Å². The molecule has 1 saturated heterocycles. The van der Waals surface area contributed by atoms with Crippen LogP contribution < -0.4 is 16.4 Å². The molecule has 2 heterocycles. The number of nitrogens with one attached hydrogen (secondary N) is 2. The van der Waals surface area contributed by atoms with Gasteiger partial charge in [-0.15, -0.1) is 0 Å². The third kappa shape index (κ3) is 9.33. The van der Waals surface area contributed by atoms with E-state index >= 15 is 0 Å². The molecule has 2 fully saturated rings. The number of carboxylic acids is 1. The molecule has 9 nitrogen and oxygen atoms in total. The molecule has 1 aliphatic carbocycles. The molecule has 5 N–H and O–H groups in total. The SMILES string of the molecule is Nc1ccc(CNC=O)cn1.O=C(O)CNC(CC1CCCCC1)C(=O)N1CCCC1. The van der Waals surface area contributed by atoms with E-state index in [1.807, 2.05) is 11.0 Å². The van der Waals surface area contributed by atoms with Crippen LogP contribution in [0.25, 0.3) is 0 Å². The minimum Gasteiger partial charge on any atom is -0.480 e. The van der Waals surface area contributed by atoms with Crippen molar-refractivity contribution < 1.29 is 19.5 Å². The molecule has 9 heteroatoms. The van der Waals surface area contributed by atoms with Gasteiger partial charge in [0.2, 0.25) is 12.3 Å². The Kier molecular flexibility index (Phi) is 10.8. The zero-order chi connectivity index (χ0) is 22.5. The largest absolute Gasteiger partial charge is 0.480 e. The second kappa shape index (κ2) is 13.6. The van der Waals surface area contributed by atoms with Gasteiger partial charge in [-0.3, -0.25) is 19.7 Å². The molecule has 31 heavy (non-hydrogen) atoms. The van der Waals surface area contributed by atoms with Gasteiger partial charge in [0.1, 0.15) is 5.82 Å². The number of rotatable bonds is 9. The number of hydrogen-bond donors (Lipinski definition) is 4. The maximum absolute atomic E-state index is 12.5. The molecule has 1 atom stereocenters. The number of amides is 2. The summed E-state index contributed by atoms with van der Waals surface area (Å²) in [5, 5.41) is 14.3. The van der Waals surface area contributed by atoms with Crippen LogP contribution in [0.15, 0.2) is 18.3 Å². The van der Waals surface area contributed by atoms with Crippen LogP contribution in [-0.4, -0.2) is 59.0 Å². The lowest BCUT2D eigenvalue weighted by Crippen LogP contribution is -2.48. The summed E-state index contributed by atoms with van der Waals surface area (Å²) in [6.07, 6.45) is 11.4. The average Bonchev–Trinajstić information content (AvgIpc) is 3.32. The predicted molar refractivity (Wildman–Crippen MR) is 118 cm³/mol. The van der Waals surface area contributed by atoms with Crippen molar-refractivity contribution in [3.63, 3.8) is 0 Å². The number of carbonyl (C=O) groups excluding carboxylic acids is 2. The zero-order valence-electron chi connectivity index (χ0n) is 18.1. The highest BCUT2D eigenvalue weighted by Crippen LogP contribution is 2.28. The van der Waals surface area contributed by atoms with Crippen molar-refractivity contribution in [3.05, 3.63) is 23.9 Å². The van der Waals surface area contributed by atoms with Crippen molar-refractivity contribution in [1.29, 1.82) is 0 Å². The Morgan fingerprint density at radius 2 is 1.90 bits per heavy atom.